The van der Waals surface area contributed by atoms with Gasteiger partial charge in [-0.05, 0) is 42.5 Å². The van der Waals surface area contributed by atoms with Crippen molar-refractivity contribution in [2.24, 2.45) is 7.05 Å². The number of methoxy groups -OCH3 is 1. The van der Waals surface area contributed by atoms with E-state index >= 15 is 0 Å². The van der Waals surface area contributed by atoms with Crippen LogP contribution in [0.3, 0.4) is 0 Å². The third-order valence-electron chi connectivity index (χ3n) is 4.23. The molecule has 1 aliphatic carbocycles. The van der Waals surface area contributed by atoms with E-state index in [2.05, 4.69) is 33.6 Å². The van der Waals surface area contributed by atoms with Crippen LogP contribution in [0.4, 0.5) is 0 Å². The number of fused-ring (bicyclic) bond motifs is 1. The molecule has 1 aromatic carbocycles. The first-order chi connectivity index (χ1) is 10.3. The van der Waals surface area contributed by atoms with Crippen molar-refractivity contribution >= 4 is 0 Å². The number of ether oxygens (including phenoxy) is 1. The molecule has 1 atom stereocenters. The molecule has 1 N–H and O–H groups in total. The third kappa shape index (κ3) is 3.24. The SMILES string of the molecule is COc1ccc2c(c1)C[C@@H](NCCc1ncnn1C)CC2. The normalized spacial score (nSPS) is 17.5. The molecule has 21 heavy (non-hydrogen) atoms. The van der Waals surface area contributed by atoms with Crippen molar-refractivity contribution in [2.45, 2.75) is 31.7 Å². The van der Waals surface area contributed by atoms with Crippen LogP contribution in [0.25, 0.3) is 0 Å². The Bertz CT molecular complexity index is 608. The molecule has 5 heteroatoms. The van der Waals surface area contributed by atoms with E-state index in [4.69, 9.17) is 4.74 Å². The van der Waals surface area contributed by atoms with Crippen LogP contribution in [0, 0.1) is 0 Å². The molecule has 0 fully saturated rings. The van der Waals surface area contributed by atoms with Crippen molar-refractivity contribution in [2.75, 3.05) is 13.7 Å². The molecule has 0 saturated carbocycles. The second kappa shape index (κ2) is 6.26. The summed E-state index contributed by atoms with van der Waals surface area (Å²) in [5.41, 5.74) is 2.87. The fraction of sp³-hybridized carbons (Fsp3) is 0.500. The molecule has 1 aliphatic rings. The molecule has 0 spiro atoms. The van der Waals surface area contributed by atoms with Crippen molar-refractivity contribution in [3.63, 3.8) is 0 Å². The molecule has 0 radical (unpaired) electrons. The summed E-state index contributed by atoms with van der Waals surface area (Å²) in [6, 6.07) is 6.97. The van der Waals surface area contributed by atoms with Crippen molar-refractivity contribution in [1.29, 1.82) is 0 Å². The van der Waals surface area contributed by atoms with Gasteiger partial charge in [0.15, 0.2) is 0 Å². The van der Waals surface area contributed by atoms with Crippen LogP contribution >= 0.6 is 0 Å². The van der Waals surface area contributed by atoms with Crippen LogP contribution in [0.2, 0.25) is 0 Å². The summed E-state index contributed by atoms with van der Waals surface area (Å²) in [6.07, 6.45) is 5.93. The zero-order valence-corrected chi connectivity index (χ0v) is 12.7. The predicted octanol–water partition coefficient (Wildman–Crippen LogP) is 1.51. The van der Waals surface area contributed by atoms with Crippen LogP contribution in [-0.2, 0) is 26.3 Å². The molecule has 2 aromatic rings. The van der Waals surface area contributed by atoms with Crippen LogP contribution in [0.1, 0.15) is 23.4 Å². The van der Waals surface area contributed by atoms with E-state index in [1.54, 1.807) is 13.4 Å². The summed E-state index contributed by atoms with van der Waals surface area (Å²) < 4.78 is 7.16. The van der Waals surface area contributed by atoms with Gasteiger partial charge in [-0.1, -0.05) is 6.07 Å². The van der Waals surface area contributed by atoms with Gasteiger partial charge in [0.2, 0.25) is 0 Å². The Labute approximate surface area is 125 Å². The van der Waals surface area contributed by atoms with Gasteiger partial charge in [-0.3, -0.25) is 4.68 Å². The van der Waals surface area contributed by atoms with Crippen LogP contribution in [0.5, 0.6) is 5.75 Å². The number of aromatic nitrogens is 3. The van der Waals surface area contributed by atoms with Crippen molar-refractivity contribution in [3.8, 4) is 5.75 Å². The number of hydrogen-bond donors (Lipinski definition) is 1. The zero-order chi connectivity index (χ0) is 14.7. The second-order valence-corrected chi connectivity index (χ2v) is 5.58. The summed E-state index contributed by atoms with van der Waals surface area (Å²) >= 11 is 0. The number of aryl methyl sites for hydroxylation is 2. The molecule has 0 aliphatic heterocycles. The lowest BCUT2D eigenvalue weighted by atomic mass is 9.88. The molecule has 5 nitrogen and oxygen atoms in total. The summed E-state index contributed by atoms with van der Waals surface area (Å²) in [4.78, 5) is 4.25. The fourth-order valence-corrected chi connectivity index (χ4v) is 2.97. The molecule has 0 bridgehead atoms. The van der Waals surface area contributed by atoms with Crippen molar-refractivity contribution in [1.82, 2.24) is 20.1 Å². The summed E-state index contributed by atoms with van der Waals surface area (Å²) in [7, 11) is 3.66. The fourth-order valence-electron chi connectivity index (χ4n) is 2.97. The van der Waals surface area contributed by atoms with E-state index in [9.17, 15) is 0 Å². The van der Waals surface area contributed by atoms with Gasteiger partial charge in [0, 0.05) is 26.1 Å². The highest BCUT2D eigenvalue weighted by Gasteiger charge is 2.18. The molecular formula is C16H22N4O. The Morgan fingerprint density at radius 3 is 3.05 bits per heavy atom. The van der Waals surface area contributed by atoms with E-state index in [0.717, 1.165) is 37.4 Å². The first-order valence-electron chi connectivity index (χ1n) is 7.48. The highest BCUT2D eigenvalue weighted by molar-refractivity contribution is 5.37. The maximum Gasteiger partial charge on any atom is 0.138 e. The summed E-state index contributed by atoms with van der Waals surface area (Å²) in [5, 5.41) is 7.74. The van der Waals surface area contributed by atoms with Gasteiger partial charge in [0.25, 0.3) is 0 Å². The minimum Gasteiger partial charge on any atom is -0.497 e. The molecule has 1 aromatic heterocycles. The summed E-state index contributed by atoms with van der Waals surface area (Å²) in [5.74, 6) is 1.98. The number of rotatable bonds is 5. The lowest BCUT2D eigenvalue weighted by Crippen LogP contribution is -2.36. The monoisotopic (exact) mass is 286 g/mol. The second-order valence-electron chi connectivity index (χ2n) is 5.58. The Morgan fingerprint density at radius 1 is 1.38 bits per heavy atom. The summed E-state index contributed by atoms with van der Waals surface area (Å²) in [6.45, 7) is 0.941. The van der Waals surface area contributed by atoms with Crippen molar-refractivity contribution < 1.29 is 4.74 Å². The lowest BCUT2D eigenvalue weighted by molar-refractivity contribution is 0.411. The Hall–Kier alpha value is -1.88. The van der Waals surface area contributed by atoms with E-state index in [0.29, 0.717) is 6.04 Å². The van der Waals surface area contributed by atoms with Crippen LogP contribution in [0.15, 0.2) is 24.5 Å². The van der Waals surface area contributed by atoms with E-state index in [1.807, 2.05) is 11.7 Å². The number of hydrogen-bond acceptors (Lipinski definition) is 4. The topological polar surface area (TPSA) is 52.0 Å². The Morgan fingerprint density at radius 2 is 2.29 bits per heavy atom. The minimum atomic E-state index is 0.540. The smallest absolute Gasteiger partial charge is 0.138 e. The maximum atomic E-state index is 5.32. The average Bonchev–Trinajstić information content (AvgIpc) is 2.92. The lowest BCUT2D eigenvalue weighted by Gasteiger charge is -2.26. The van der Waals surface area contributed by atoms with Crippen LogP contribution < -0.4 is 10.1 Å². The van der Waals surface area contributed by atoms with Gasteiger partial charge in [-0.2, -0.15) is 5.10 Å². The molecule has 1 heterocycles. The van der Waals surface area contributed by atoms with Gasteiger partial charge >= 0.3 is 0 Å². The Balaban J connectivity index is 1.55. The molecular weight excluding hydrogens is 264 g/mol. The molecule has 0 amide bonds. The molecule has 112 valence electrons. The quantitative estimate of drug-likeness (QED) is 0.905. The molecule has 0 unspecified atom stereocenters. The van der Waals surface area contributed by atoms with Crippen LogP contribution in [-0.4, -0.2) is 34.5 Å². The number of benzene rings is 1. The highest BCUT2D eigenvalue weighted by Crippen LogP contribution is 2.25. The minimum absolute atomic E-state index is 0.540. The largest absolute Gasteiger partial charge is 0.497 e. The first kappa shape index (κ1) is 14.1. The zero-order valence-electron chi connectivity index (χ0n) is 12.7. The van der Waals surface area contributed by atoms with Gasteiger partial charge in [-0.25, -0.2) is 4.98 Å². The van der Waals surface area contributed by atoms with Gasteiger partial charge in [-0.15, -0.1) is 0 Å². The van der Waals surface area contributed by atoms with Gasteiger partial charge < -0.3 is 10.1 Å². The van der Waals surface area contributed by atoms with Gasteiger partial charge in [0.1, 0.15) is 17.9 Å². The Kier molecular flexibility index (Phi) is 4.20. The average molecular weight is 286 g/mol. The standard InChI is InChI=1S/C16H22N4O/c1-20-16(18-11-19-20)7-8-17-14-5-3-12-4-6-15(21-2)10-13(12)9-14/h4,6,10-11,14,17H,3,5,7-9H2,1-2H3/t14-/m0/s1. The highest BCUT2D eigenvalue weighted by atomic mass is 16.5. The molecule has 3 rings (SSSR count). The van der Waals surface area contributed by atoms with Crippen molar-refractivity contribution in [3.05, 3.63) is 41.5 Å². The van der Waals surface area contributed by atoms with E-state index in [1.165, 1.54) is 17.5 Å². The first-order valence-corrected chi connectivity index (χ1v) is 7.48. The number of nitrogens with zero attached hydrogens (tertiary/aromatic N) is 3. The maximum absolute atomic E-state index is 5.32. The van der Waals surface area contributed by atoms with E-state index < -0.39 is 0 Å². The third-order valence-corrected chi connectivity index (χ3v) is 4.23. The number of nitrogens with one attached hydrogen (secondary N) is 1. The molecule has 0 saturated heterocycles. The predicted molar refractivity (Wildman–Crippen MR) is 81.5 cm³/mol. The van der Waals surface area contributed by atoms with Gasteiger partial charge in [0.05, 0.1) is 7.11 Å². The van der Waals surface area contributed by atoms with E-state index in [-0.39, 0.29) is 0 Å².